The Morgan fingerprint density at radius 2 is 1.71 bits per heavy atom. The molecule has 0 spiro atoms. The molecule has 0 heterocycles. The largest absolute Gasteiger partial charge is 0.397 e. The van der Waals surface area contributed by atoms with E-state index in [9.17, 15) is 4.79 Å². The lowest BCUT2D eigenvalue weighted by atomic mass is 10.2. The molecule has 110 valence electrons. The van der Waals surface area contributed by atoms with Crippen molar-refractivity contribution in [1.29, 1.82) is 0 Å². The smallest absolute Gasteiger partial charge is 0.326 e. The van der Waals surface area contributed by atoms with Crippen molar-refractivity contribution in [3.63, 3.8) is 0 Å². The normalized spacial score (nSPS) is 10.3. The first-order valence-electron chi connectivity index (χ1n) is 5.93. The molecule has 7 heteroatoms. The third kappa shape index (κ3) is 3.73. The quantitative estimate of drug-likeness (QED) is 0.761. The Hall–Kier alpha value is -1.62. The van der Waals surface area contributed by atoms with Gasteiger partial charge in [-0.3, -0.25) is 4.90 Å². The van der Waals surface area contributed by atoms with Crippen LogP contribution < -0.4 is 16.0 Å². The first-order chi connectivity index (χ1) is 9.88. The maximum atomic E-state index is 12.3. The molecule has 0 saturated carbocycles. The summed E-state index contributed by atoms with van der Waals surface area (Å²) in [5.41, 5.74) is 7.20. The van der Waals surface area contributed by atoms with E-state index in [0.717, 1.165) is 0 Å². The van der Waals surface area contributed by atoms with Crippen LogP contribution in [0.25, 0.3) is 0 Å². The van der Waals surface area contributed by atoms with Crippen LogP contribution in [0.1, 0.15) is 0 Å². The highest BCUT2D eigenvalue weighted by molar-refractivity contribution is 6.36. The number of nitrogens with two attached hydrogens (primary N) is 1. The minimum absolute atomic E-state index is 0.389. The van der Waals surface area contributed by atoms with E-state index in [-0.39, 0.29) is 0 Å². The lowest BCUT2D eigenvalue weighted by Crippen LogP contribution is -2.31. The summed E-state index contributed by atoms with van der Waals surface area (Å²) >= 11 is 17.8. The SMILES string of the molecule is CN(C(=O)Nc1cc(Cl)ccc1Cl)c1cc(Cl)ccc1N. The van der Waals surface area contributed by atoms with E-state index in [1.54, 1.807) is 43.4 Å². The van der Waals surface area contributed by atoms with Crippen molar-refractivity contribution in [3.8, 4) is 0 Å². The average molecular weight is 345 g/mol. The number of nitrogen functional groups attached to an aromatic ring is 1. The van der Waals surface area contributed by atoms with Crippen molar-refractivity contribution < 1.29 is 4.79 Å². The number of carbonyl (C=O) groups is 1. The predicted molar refractivity (Wildman–Crippen MR) is 89.7 cm³/mol. The Kier molecular flexibility index (Phi) is 4.83. The number of halogens is 3. The molecule has 2 rings (SSSR count). The molecule has 0 radical (unpaired) electrons. The second-order valence-corrected chi connectivity index (χ2v) is 5.60. The molecule has 0 atom stereocenters. The van der Waals surface area contributed by atoms with Crippen LogP contribution in [0.4, 0.5) is 21.9 Å². The molecule has 2 aromatic carbocycles. The molecule has 0 aliphatic heterocycles. The third-order valence-electron chi connectivity index (χ3n) is 2.83. The Balaban J connectivity index is 2.23. The molecule has 3 N–H and O–H groups in total. The molecular weight excluding hydrogens is 333 g/mol. The van der Waals surface area contributed by atoms with E-state index >= 15 is 0 Å². The molecule has 0 bridgehead atoms. The number of amides is 2. The Morgan fingerprint density at radius 3 is 2.43 bits per heavy atom. The third-order valence-corrected chi connectivity index (χ3v) is 3.63. The van der Waals surface area contributed by atoms with Gasteiger partial charge in [-0.15, -0.1) is 0 Å². The maximum absolute atomic E-state index is 12.3. The summed E-state index contributed by atoms with van der Waals surface area (Å²) in [4.78, 5) is 13.6. The standard InChI is InChI=1S/C14H12Cl3N3O/c1-20(13-7-9(16)3-5-11(13)18)14(21)19-12-6-8(15)2-4-10(12)17/h2-7H,18H2,1H3,(H,19,21). The molecule has 21 heavy (non-hydrogen) atoms. The fourth-order valence-corrected chi connectivity index (χ4v) is 2.21. The predicted octanol–water partition coefficient (Wildman–Crippen LogP) is 4.90. The van der Waals surface area contributed by atoms with Gasteiger partial charge in [-0.25, -0.2) is 4.79 Å². The molecule has 0 aliphatic rings. The second kappa shape index (κ2) is 6.43. The van der Waals surface area contributed by atoms with Gasteiger partial charge in [0.1, 0.15) is 0 Å². The van der Waals surface area contributed by atoms with Gasteiger partial charge >= 0.3 is 6.03 Å². The summed E-state index contributed by atoms with van der Waals surface area (Å²) < 4.78 is 0. The van der Waals surface area contributed by atoms with Crippen molar-refractivity contribution in [3.05, 3.63) is 51.5 Å². The fraction of sp³-hybridized carbons (Fsp3) is 0.0714. The Bertz CT molecular complexity index is 691. The van der Waals surface area contributed by atoms with Crippen molar-refractivity contribution in [2.75, 3.05) is 23.0 Å². The van der Waals surface area contributed by atoms with Gasteiger partial charge in [-0.2, -0.15) is 0 Å². The number of hydrogen-bond acceptors (Lipinski definition) is 2. The van der Waals surface area contributed by atoms with Crippen LogP contribution in [-0.4, -0.2) is 13.1 Å². The second-order valence-electron chi connectivity index (χ2n) is 4.32. The zero-order chi connectivity index (χ0) is 15.6. The van der Waals surface area contributed by atoms with Gasteiger partial charge in [0.2, 0.25) is 0 Å². The molecule has 0 aliphatic carbocycles. The van der Waals surface area contributed by atoms with Crippen LogP contribution >= 0.6 is 34.8 Å². The van der Waals surface area contributed by atoms with Crippen LogP contribution in [0.2, 0.25) is 15.1 Å². The highest BCUT2D eigenvalue weighted by Crippen LogP contribution is 2.28. The number of nitrogens with one attached hydrogen (secondary N) is 1. The molecule has 2 aromatic rings. The minimum atomic E-state index is -0.409. The number of rotatable bonds is 2. The van der Waals surface area contributed by atoms with Crippen molar-refractivity contribution in [2.24, 2.45) is 0 Å². The fourth-order valence-electron chi connectivity index (χ4n) is 1.71. The van der Waals surface area contributed by atoms with Crippen molar-refractivity contribution in [2.45, 2.75) is 0 Å². The first kappa shape index (κ1) is 15.8. The topological polar surface area (TPSA) is 58.4 Å². The van der Waals surface area contributed by atoms with Gasteiger partial charge in [0, 0.05) is 17.1 Å². The molecule has 2 amide bonds. The molecule has 0 unspecified atom stereocenters. The average Bonchev–Trinajstić information content (AvgIpc) is 2.44. The lowest BCUT2D eigenvalue weighted by molar-refractivity contribution is 0.258. The van der Waals surface area contributed by atoms with Gasteiger partial charge < -0.3 is 11.1 Å². The molecular formula is C14H12Cl3N3O. The summed E-state index contributed by atoms with van der Waals surface area (Å²) in [7, 11) is 1.58. The Labute approximate surface area is 137 Å². The van der Waals surface area contributed by atoms with Crippen LogP contribution in [0, 0.1) is 0 Å². The molecule has 0 fully saturated rings. The minimum Gasteiger partial charge on any atom is -0.397 e. The van der Waals surface area contributed by atoms with E-state index in [1.165, 1.54) is 4.90 Å². The summed E-state index contributed by atoms with van der Waals surface area (Å²) in [6, 6.07) is 9.29. The number of anilines is 3. The van der Waals surface area contributed by atoms with Crippen molar-refractivity contribution >= 4 is 57.9 Å². The molecule has 4 nitrogen and oxygen atoms in total. The van der Waals surface area contributed by atoms with E-state index in [1.807, 2.05) is 0 Å². The zero-order valence-electron chi connectivity index (χ0n) is 11.0. The number of hydrogen-bond donors (Lipinski definition) is 2. The number of urea groups is 1. The van der Waals surface area contributed by atoms with Gasteiger partial charge in [0.25, 0.3) is 0 Å². The summed E-state index contributed by atoms with van der Waals surface area (Å²) in [6.07, 6.45) is 0. The van der Waals surface area contributed by atoms with Gasteiger partial charge in [0.15, 0.2) is 0 Å². The van der Waals surface area contributed by atoms with E-state index < -0.39 is 6.03 Å². The van der Waals surface area contributed by atoms with Crippen LogP contribution in [0.3, 0.4) is 0 Å². The van der Waals surface area contributed by atoms with Gasteiger partial charge in [0.05, 0.1) is 22.1 Å². The van der Waals surface area contributed by atoms with Gasteiger partial charge in [-0.05, 0) is 36.4 Å². The number of nitrogens with zero attached hydrogens (tertiary/aromatic N) is 1. The van der Waals surface area contributed by atoms with Gasteiger partial charge in [-0.1, -0.05) is 34.8 Å². The lowest BCUT2D eigenvalue weighted by Gasteiger charge is -2.20. The molecule has 0 aromatic heterocycles. The Morgan fingerprint density at radius 1 is 1.10 bits per heavy atom. The van der Waals surface area contributed by atoms with E-state index in [2.05, 4.69) is 5.32 Å². The van der Waals surface area contributed by atoms with Crippen LogP contribution in [-0.2, 0) is 0 Å². The maximum Gasteiger partial charge on any atom is 0.326 e. The highest BCUT2D eigenvalue weighted by atomic mass is 35.5. The van der Waals surface area contributed by atoms with Crippen LogP contribution in [0.15, 0.2) is 36.4 Å². The van der Waals surface area contributed by atoms with E-state index in [0.29, 0.717) is 32.1 Å². The van der Waals surface area contributed by atoms with Crippen molar-refractivity contribution in [1.82, 2.24) is 0 Å². The first-order valence-corrected chi connectivity index (χ1v) is 7.06. The molecule has 0 saturated heterocycles. The number of benzene rings is 2. The summed E-state index contributed by atoms with van der Waals surface area (Å²) in [6.45, 7) is 0. The monoisotopic (exact) mass is 343 g/mol. The van der Waals surface area contributed by atoms with Crippen LogP contribution in [0.5, 0.6) is 0 Å². The number of carbonyl (C=O) groups excluding carboxylic acids is 1. The zero-order valence-corrected chi connectivity index (χ0v) is 13.3. The highest BCUT2D eigenvalue weighted by Gasteiger charge is 2.15. The summed E-state index contributed by atoms with van der Waals surface area (Å²) in [5, 5.41) is 4.01. The van der Waals surface area contributed by atoms with E-state index in [4.69, 9.17) is 40.5 Å². The summed E-state index contributed by atoms with van der Waals surface area (Å²) in [5.74, 6) is 0.